The monoisotopic (exact) mass is 343 g/mol. The van der Waals surface area contributed by atoms with Crippen LogP contribution in [-0.4, -0.2) is 25.1 Å². The number of methoxy groups -OCH3 is 1. The fraction of sp³-hybridized carbons (Fsp3) is 0.118. The summed E-state index contributed by atoms with van der Waals surface area (Å²) in [5, 5.41) is 0. The average molecular weight is 343 g/mol. The molecule has 0 radical (unpaired) electrons. The van der Waals surface area contributed by atoms with E-state index in [1.807, 2.05) is 35.0 Å². The average Bonchev–Trinajstić information content (AvgIpc) is 3.15. The van der Waals surface area contributed by atoms with Gasteiger partial charge in [-0.2, -0.15) is 0 Å². The third kappa shape index (κ3) is 3.47. The number of benzene rings is 2. The van der Waals surface area contributed by atoms with Crippen molar-refractivity contribution in [2.24, 2.45) is 0 Å². The fourth-order valence-corrected chi connectivity index (χ4v) is 3.33. The molecule has 0 bridgehead atoms. The second-order valence-corrected chi connectivity index (χ2v) is 6.87. The molecule has 24 heavy (non-hydrogen) atoms. The summed E-state index contributed by atoms with van der Waals surface area (Å²) in [7, 11) is -2.06. The molecule has 7 heteroatoms. The second-order valence-electron chi connectivity index (χ2n) is 5.10. The highest BCUT2D eigenvalue weighted by atomic mass is 32.2. The van der Waals surface area contributed by atoms with Gasteiger partial charge in [-0.1, -0.05) is 18.2 Å². The number of nitrogens with zero attached hydrogens (tertiary/aromatic N) is 2. The zero-order valence-corrected chi connectivity index (χ0v) is 13.9. The van der Waals surface area contributed by atoms with Gasteiger partial charge in [-0.3, -0.25) is 0 Å². The van der Waals surface area contributed by atoms with Crippen LogP contribution in [0.15, 0.2) is 72.1 Å². The lowest BCUT2D eigenvalue weighted by molar-refractivity contribution is 0.414. The highest BCUT2D eigenvalue weighted by molar-refractivity contribution is 7.89. The number of rotatable bonds is 6. The normalized spacial score (nSPS) is 11.4. The summed E-state index contributed by atoms with van der Waals surface area (Å²) in [6.07, 6.45) is 5.17. The van der Waals surface area contributed by atoms with Gasteiger partial charge in [-0.15, -0.1) is 0 Å². The number of hydrogen-bond donors (Lipinski definition) is 1. The molecule has 3 rings (SSSR count). The van der Waals surface area contributed by atoms with Gasteiger partial charge in [0.25, 0.3) is 0 Å². The summed E-state index contributed by atoms with van der Waals surface area (Å²) >= 11 is 0. The number of aromatic nitrogens is 2. The van der Waals surface area contributed by atoms with Gasteiger partial charge in [-0.25, -0.2) is 18.1 Å². The number of nitrogens with one attached hydrogen (secondary N) is 1. The zero-order valence-electron chi connectivity index (χ0n) is 13.1. The van der Waals surface area contributed by atoms with E-state index in [1.165, 1.54) is 19.2 Å². The molecule has 0 saturated heterocycles. The lowest BCUT2D eigenvalue weighted by Gasteiger charge is -2.12. The maximum absolute atomic E-state index is 12.4. The number of para-hydroxylation sites is 1. The second kappa shape index (κ2) is 6.86. The number of imidazole rings is 1. The largest absolute Gasteiger partial charge is 0.497 e. The lowest BCUT2D eigenvalue weighted by atomic mass is 10.2. The van der Waals surface area contributed by atoms with Crippen LogP contribution in [0.25, 0.3) is 5.69 Å². The summed E-state index contributed by atoms with van der Waals surface area (Å²) in [5.74, 6) is 0.611. The van der Waals surface area contributed by atoms with Crippen LogP contribution in [0.5, 0.6) is 5.75 Å². The van der Waals surface area contributed by atoms with Crippen molar-refractivity contribution in [2.75, 3.05) is 7.11 Å². The molecule has 0 amide bonds. The molecular formula is C17H17N3O3S. The van der Waals surface area contributed by atoms with Crippen LogP contribution in [0.4, 0.5) is 0 Å². The predicted molar refractivity (Wildman–Crippen MR) is 90.6 cm³/mol. The third-order valence-corrected chi connectivity index (χ3v) is 5.01. The molecule has 1 aromatic heterocycles. The molecule has 0 aliphatic heterocycles. The van der Waals surface area contributed by atoms with E-state index in [9.17, 15) is 8.42 Å². The van der Waals surface area contributed by atoms with Gasteiger partial charge in [0.15, 0.2) is 0 Å². The van der Waals surface area contributed by atoms with Gasteiger partial charge < -0.3 is 9.30 Å². The molecule has 1 heterocycles. The van der Waals surface area contributed by atoms with Crippen molar-refractivity contribution in [3.63, 3.8) is 0 Å². The maximum Gasteiger partial charge on any atom is 0.240 e. The predicted octanol–water partition coefficient (Wildman–Crippen LogP) is 2.36. The summed E-state index contributed by atoms with van der Waals surface area (Å²) in [6.45, 7) is 0.183. The molecule has 1 N–H and O–H groups in total. The topological polar surface area (TPSA) is 73.2 Å². The Morgan fingerprint density at radius 1 is 1.12 bits per heavy atom. The quantitative estimate of drug-likeness (QED) is 0.746. The fourth-order valence-electron chi connectivity index (χ4n) is 2.32. The van der Waals surface area contributed by atoms with Crippen molar-refractivity contribution in [1.82, 2.24) is 14.3 Å². The molecule has 2 aromatic carbocycles. The van der Waals surface area contributed by atoms with Crippen LogP contribution in [0, 0.1) is 0 Å². The molecule has 0 aliphatic carbocycles. The van der Waals surface area contributed by atoms with Gasteiger partial charge in [0.05, 0.1) is 24.0 Å². The Kier molecular flexibility index (Phi) is 4.64. The standard InChI is InChI=1S/C17H17N3O3S/c1-23-15-6-8-16(9-7-15)24(21,22)19-12-14-4-2-3-5-17(14)20-11-10-18-13-20/h2-11,13,19H,12H2,1H3. The van der Waals surface area contributed by atoms with Crippen molar-refractivity contribution in [3.8, 4) is 11.4 Å². The number of ether oxygens (including phenoxy) is 1. The summed E-state index contributed by atoms with van der Waals surface area (Å²) in [6, 6.07) is 13.8. The summed E-state index contributed by atoms with van der Waals surface area (Å²) in [5.41, 5.74) is 1.74. The van der Waals surface area contributed by atoms with Crippen molar-refractivity contribution in [2.45, 2.75) is 11.4 Å². The van der Waals surface area contributed by atoms with E-state index in [4.69, 9.17) is 4.74 Å². The molecule has 6 nitrogen and oxygen atoms in total. The number of sulfonamides is 1. The van der Waals surface area contributed by atoms with Crippen LogP contribution in [0.1, 0.15) is 5.56 Å². The molecule has 0 fully saturated rings. The molecule has 3 aromatic rings. The van der Waals surface area contributed by atoms with E-state index < -0.39 is 10.0 Å². The molecule has 0 spiro atoms. The minimum absolute atomic E-state index is 0.183. The molecule has 0 unspecified atom stereocenters. The van der Waals surface area contributed by atoms with Gasteiger partial charge in [0.1, 0.15) is 5.75 Å². The third-order valence-electron chi connectivity index (χ3n) is 3.60. The highest BCUT2D eigenvalue weighted by Gasteiger charge is 2.15. The van der Waals surface area contributed by atoms with Crippen LogP contribution in [-0.2, 0) is 16.6 Å². The smallest absolute Gasteiger partial charge is 0.240 e. The van der Waals surface area contributed by atoms with E-state index in [2.05, 4.69) is 9.71 Å². The van der Waals surface area contributed by atoms with E-state index in [-0.39, 0.29) is 11.4 Å². The molecule has 0 atom stereocenters. The van der Waals surface area contributed by atoms with E-state index in [0.717, 1.165) is 11.3 Å². The van der Waals surface area contributed by atoms with Crippen molar-refractivity contribution in [1.29, 1.82) is 0 Å². The van der Waals surface area contributed by atoms with Crippen molar-refractivity contribution < 1.29 is 13.2 Å². The molecule has 0 saturated carbocycles. The summed E-state index contributed by atoms with van der Waals surface area (Å²) < 4.78 is 34.4. The lowest BCUT2D eigenvalue weighted by Crippen LogP contribution is -2.23. The van der Waals surface area contributed by atoms with Crippen LogP contribution in [0.2, 0.25) is 0 Å². The number of hydrogen-bond acceptors (Lipinski definition) is 4. The van der Waals surface area contributed by atoms with Gasteiger partial charge in [0.2, 0.25) is 10.0 Å². The Labute approximate surface area is 140 Å². The summed E-state index contributed by atoms with van der Waals surface area (Å²) in [4.78, 5) is 4.22. The first kappa shape index (κ1) is 16.2. The SMILES string of the molecule is COc1ccc(S(=O)(=O)NCc2ccccc2-n2ccnc2)cc1. The minimum Gasteiger partial charge on any atom is -0.497 e. The van der Waals surface area contributed by atoms with Crippen LogP contribution in [0.3, 0.4) is 0 Å². The molecular weight excluding hydrogens is 326 g/mol. The Hall–Kier alpha value is -2.64. The van der Waals surface area contributed by atoms with E-state index in [0.29, 0.717) is 5.75 Å². The van der Waals surface area contributed by atoms with Gasteiger partial charge in [0, 0.05) is 18.9 Å². The first-order valence-electron chi connectivity index (χ1n) is 7.30. The molecule has 0 aliphatic rings. The van der Waals surface area contributed by atoms with Gasteiger partial charge in [-0.05, 0) is 35.9 Å². The van der Waals surface area contributed by atoms with Crippen LogP contribution < -0.4 is 9.46 Å². The Balaban J connectivity index is 1.80. The van der Waals surface area contributed by atoms with Crippen molar-refractivity contribution in [3.05, 3.63) is 72.8 Å². The zero-order chi connectivity index (χ0) is 17.0. The minimum atomic E-state index is -3.60. The van der Waals surface area contributed by atoms with E-state index in [1.54, 1.807) is 24.7 Å². The van der Waals surface area contributed by atoms with Gasteiger partial charge >= 0.3 is 0 Å². The maximum atomic E-state index is 12.4. The highest BCUT2D eigenvalue weighted by Crippen LogP contribution is 2.17. The Morgan fingerprint density at radius 3 is 2.54 bits per heavy atom. The first-order chi connectivity index (χ1) is 11.6. The van der Waals surface area contributed by atoms with E-state index >= 15 is 0 Å². The van der Waals surface area contributed by atoms with Crippen molar-refractivity contribution >= 4 is 10.0 Å². The Morgan fingerprint density at radius 2 is 1.88 bits per heavy atom. The molecule has 124 valence electrons. The van der Waals surface area contributed by atoms with Crippen LogP contribution >= 0.6 is 0 Å². The Bertz CT molecular complexity index is 905. The first-order valence-corrected chi connectivity index (χ1v) is 8.78.